The van der Waals surface area contributed by atoms with Gasteiger partial charge < -0.3 is 0 Å². The zero-order chi connectivity index (χ0) is 11.1. The Hall–Kier alpha value is -1.10. The van der Waals surface area contributed by atoms with Gasteiger partial charge in [-0.25, -0.2) is 12.8 Å². The van der Waals surface area contributed by atoms with Crippen molar-refractivity contribution in [3.63, 3.8) is 0 Å². The lowest BCUT2D eigenvalue weighted by molar-refractivity contribution is 0.532. The van der Waals surface area contributed by atoms with Gasteiger partial charge in [-0.15, -0.1) is 0 Å². The van der Waals surface area contributed by atoms with Crippen molar-refractivity contribution in [2.45, 2.75) is 13.3 Å². The van der Waals surface area contributed by atoms with E-state index in [0.717, 1.165) is 11.1 Å². The Balaban J connectivity index is 2.54. The molecule has 0 atom stereocenters. The number of aryl methyl sites for hydroxylation is 1. The number of hydrogen-bond donors (Lipinski definition) is 0. The van der Waals surface area contributed by atoms with Crippen LogP contribution in [0.25, 0.3) is 0 Å². The number of nitrogens with zero attached hydrogens (tertiary/aromatic N) is 1. The normalized spacial score (nSPS) is 15.5. The number of para-hydroxylation sites is 1. The second-order valence-corrected chi connectivity index (χ2v) is 5.45. The van der Waals surface area contributed by atoms with Gasteiger partial charge in [0.25, 0.3) is 10.0 Å². The quantitative estimate of drug-likeness (QED) is 0.772. The van der Waals surface area contributed by atoms with Crippen LogP contribution in [0.15, 0.2) is 18.2 Å². The van der Waals surface area contributed by atoms with Crippen molar-refractivity contribution in [2.75, 3.05) is 16.9 Å². The fraction of sp³-hybridized carbons (Fsp3) is 0.400. The molecule has 0 saturated carbocycles. The standard InChI is InChI=1S/C10H12FNO2S/c1-8-3-2-4-9-5-6-12(10(8)9)15(13,14)7-11/h2-4H,5-7H2,1H3. The number of hydrogen-bond acceptors (Lipinski definition) is 2. The minimum absolute atomic E-state index is 0.354. The fourth-order valence-electron chi connectivity index (χ4n) is 1.95. The first kappa shape index (κ1) is 10.4. The van der Waals surface area contributed by atoms with E-state index in [1.165, 1.54) is 4.31 Å². The van der Waals surface area contributed by atoms with Crippen LogP contribution in [-0.2, 0) is 16.4 Å². The average molecular weight is 229 g/mol. The highest BCUT2D eigenvalue weighted by Crippen LogP contribution is 2.33. The molecule has 2 rings (SSSR count). The molecular formula is C10H12FNO2S. The van der Waals surface area contributed by atoms with E-state index >= 15 is 0 Å². The molecule has 1 heterocycles. The summed E-state index contributed by atoms with van der Waals surface area (Å²) in [5.74, 6) is 0. The van der Waals surface area contributed by atoms with Crippen molar-refractivity contribution < 1.29 is 12.8 Å². The summed E-state index contributed by atoms with van der Waals surface area (Å²) < 4.78 is 36.5. The molecule has 0 fully saturated rings. The molecule has 0 aliphatic carbocycles. The van der Waals surface area contributed by atoms with Crippen LogP contribution in [0, 0.1) is 6.92 Å². The van der Waals surface area contributed by atoms with Gasteiger partial charge in [0, 0.05) is 6.54 Å². The van der Waals surface area contributed by atoms with Crippen molar-refractivity contribution in [3.05, 3.63) is 29.3 Å². The van der Waals surface area contributed by atoms with E-state index in [-0.39, 0.29) is 0 Å². The summed E-state index contributed by atoms with van der Waals surface area (Å²) in [5, 5.41) is 0. The van der Waals surface area contributed by atoms with Crippen molar-refractivity contribution >= 4 is 15.7 Å². The van der Waals surface area contributed by atoms with Crippen LogP contribution in [0.2, 0.25) is 0 Å². The third kappa shape index (κ3) is 1.61. The number of fused-ring (bicyclic) bond motifs is 1. The van der Waals surface area contributed by atoms with Gasteiger partial charge >= 0.3 is 0 Å². The first-order valence-corrected chi connectivity index (χ1v) is 6.32. The van der Waals surface area contributed by atoms with Crippen LogP contribution >= 0.6 is 0 Å². The van der Waals surface area contributed by atoms with Gasteiger partial charge in [0.1, 0.15) is 0 Å². The Morgan fingerprint density at radius 1 is 1.47 bits per heavy atom. The number of benzene rings is 1. The molecule has 15 heavy (non-hydrogen) atoms. The maximum absolute atomic E-state index is 12.4. The molecule has 5 heteroatoms. The average Bonchev–Trinajstić information content (AvgIpc) is 2.63. The maximum atomic E-state index is 12.4. The molecule has 1 aliphatic rings. The van der Waals surface area contributed by atoms with Crippen LogP contribution in [0.4, 0.5) is 10.1 Å². The van der Waals surface area contributed by atoms with Crippen LogP contribution in [0.3, 0.4) is 0 Å². The third-order valence-corrected chi connectivity index (χ3v) is 3.94. The van der Waals surface area contributed by atoms with Gasteiger partial charge in [0.15, 0.2) is 0 Å². The predicted molar refractivity (Wildman–Crippen MR) is 57.1 cm³/mol. The first-order valence-electron chi connectivity index (χ1n) is 4.71. The van der Waals surface area contributed by atoms with Gasteiger partial charge in [-0.05, 0) is 24.5 Å². The largest absolute Gasteiger partial charge is 0.267 e. The summed E-state index contributed by atoms with van der Waals surface area (Å²) in [6, 6.07) is 4.28. The molecule has 1 aromatic carbocycles. The van der Waals surface area contributed by atoms with Crippen LogP contribution in [-0.4, -0.2) is 21.0 Å². The van der Waals surface area contributed by atoms with E-state index in [1.54, 1.807) is 0 Å². The zero-order valence-electron chi connectivity index (χ0n) is 8.40. The van der Waals surface area contributed by atoms with Crippen molar-refractivity contribution in [3.8, 4) is 0 Å². The minimum Gasteiger partial charge on any atom is -0.267 e. The minimum atomic E-state index is -3.77. The Morgan fingerprint density at radius 2 is 2.20 bits per heavy atom. The molecule has 0 aromatic heterocycles. The molecular weight excluding hydrogens is 217 g/mol. The second kappa shape index (κ2) is 3.48. The topological polar surface area (TPSA) is 37.4 Å². The van der Waals surface area contributed by atoms with E-state index < -0.39 is 16.0 Å². The molecule has 0 bridgehead atoms. The van der Waals surface area contributed by atoms with Crippen LogP contribution < -0.4 is 4.31 Å². The van der Waals surface area contributed by atoms with E-state index in [9.17, 15) is 12.8 Å². The zero-order valence-corrected chi connectivity index (χ0v) is 9.22. The SMILES string of the molecule is Cc1cccc2c1N(S(=O)(=O)CF)CC2. The molecule has 1 aromatic rings. The Bertz CT molecular complexity index is 484. The highest BCUT2D eigenvalue weighted by molar-refractivity contribution is 7.92. The molecule has 0 amide bonds. The molecule has 1 aliphatic heterocycles. The smallest absolute Gasteiger partial charge is 0.264 e. The van der Waals surface area contributed by atoms with Gasteiger partial charge in [0.05, 0.1) is 5.69 Å². The Labute approximate surface area is 88.6 Å². The lowest BCUT2D eigenvalue weighted by atomic mass is 10.1. The fourth-order valence-corrected chi connectivity index (χ4v) is 2.98. The summed E-state index contributed by atoms with van der Waals surface area (Å²) >= 11 is 0. The summed E-state index contributed by atoms with van der Waals surface area (Å²) in [7, 11) is -3.77. The summed E-state index contributed by atoms with van der Waals surface area (Å²) in [6.07, 6.45) is 0.663. The van der Waals surface area contributed by atoms with Crippen molar-refractivity contribution in [2.24, 2.45) is 0 Å². The van der Waals surface area contributed by atoms with E-state index in [0.29, 0.717) is 18.7 Å². The molecule has 0 unspecified atom stereocenters. The molecule has 0 N–H and O–H groups in total. The number of sulfonamides is 1. The summed E-state index contributed by atoms with van der Waals surface area (Å²) in [6.45, 7) is 2.19. The van der Waals surface area contributed by atoms with Gasteiger partial charge in [-0.3, -0.25) is 4.31 Å². The predicted octanol–water partition coefficient (Wildman–Crippen LogP) is 1.61. The highest BCUT2D eigenvalue weighted by Gasteiger charge is 2.30. The molecule has 0 spiro atoms. The lowest BCUT2D eigenvalue weighted by Crippen LogP contribution is -2.30. The van der Waals surface area contributed by atoms with Gasteiger partial charge in [0.2, 0.25) is 6.01 Å². The van der Waals surface area contributed by atoms with Gasteiger partial charge in [-0.1, -0.05) is 18.2 Å². The number of anilines is 1. The molecule has 82 valence electrons. The van der Waals surface area contributed by atoms with Crippen LogP contribution in [0.5, 0.6) is 0 Å². The molecule has 0 radical (unpaired) electrons. The van der Waals surface area contributed by atoms with E-state index in [4.69, 9.17) is 0 Å². The summed E-state index contributed by atoms with van der Waals surface area (Å²) in [4.78, 5) is 0. The third-order valence-electron chi connectivity index (χ3n) is 2.63. The van der Waals surface area contributed by atoms with E-state index in [1.807, 2.05) is 25.1 Å². The number of rotatable bonds is 2. The van der Waals surface area contributed by atoms with Crippen LogP contribution in [0.1, 0.15) is 11.1 Å². The van der Waals surface area contributed by atoms with Gasteiger partial charge in [-0.2, -0.15) is 0 Å². The molecule has 0 saturated heterocycles. The first-order chi connectivity index (χ1) is 7.06. The van der Waals surface area contributed by atoms with E-state index in [2.05, 4.69) is 0 Å². The molecule has 3 nitrogen and oxygen atoms in total. The van der Waals surface area contributed by atoms with Crippen molar-refractivity contribution in [1.82, 2.24) is 0 Å². The Morgan fingerprint density at radius 3 is 2.87 bits per heavy atom. The van der Waals surface area contributed by atoms with Crippen molar-refractivity contribution in [1.29, 1.82) is 0 Å². The Kier molecular flexibility index (Phi) is 2.42. The summed E-state index contributed by atoms with van der Waals surface area (Å²) in [5.41, 5.74) is 2.52. The lowest BCUT2D eigenvalue weighted by Gasteiger charge is -2.18. The second-order valence-electron chi connectivity index (χ2n) is 3.63. The maximum Gasteiger partial charge on any atom is 0.264 e. The highest BCUT2D eigenvalue weighted by atomic mass is 32.2. The number of halogens is 1. The number of alkyl halides is 1. The monoisotopic (exact) mass is 229 g/mol.